The van der Waals surface area contributed by atoms with E-state index in [2.05, 4.69) is 61.6 Å². The van der Waals surface area contributed by atoms with Crippen LogP contribution in [0.2, 0.25) is 0 Å². The van der Waals surface area contributed by atoms with E-state index in [9.17, 15) is 4.79 Å². The first-order valence-corrected chi connectivity index (χ1v) is 12.0. The van der Waals surface area contributed by atoms with Crippen molar-refractivity contribution in [3.63, 3.8) is 0 Å². The standard InChI is InChI=1S/C23H33N9O/c1-14-3-4-18(27-23(14)32-11-16(12-32)31-6-5-24-21(33)13-31)22-17-7-19(15-8-26-30(2)10-15)25-9-20(17)28-29-22/h3-4,8,10,16-17,19-20,22,25,28-29H,5-7,9,11-13H2,1-2H3,(H,24,33). The molecule has 6 heterocycles. The van der Waals surface area contributed by atoms with Crippen molar-refractivity contribution in [3.05, 3.63) is 41.3 Å². The summed E-state index contributed by atoms with van der Waals surface area (Å²) < 4.78 is 1.87. The summed E-state index contributed by atoms with van der Waals surface area (Å²) in [6.45, 7) is 7.12. The molecule has 4 fully saturated rings. The van der Waals surface area contributed by atoms with Gasteiger partial charge in [-0.3, -0.25) is 19.8 Å². The molecule has 0 radical (unpaired) electrons. The number of aromatic nitrogens is 3. The predicted octanol–water partition coefficient (Wildman–Crippen LogP) is -0.388. The number of hydrazine groups is 1. The second kappa shape index (κ2) is 8.35. The van der Waals surface area contributed by atoms with Crippen molar-refractivity contribution in [2.24, 2.45) is 13.0 Å². The van der Waals surface area contributed by atoms with Gasteiger partial charge in [0.1, 0.15) is 5.82 Å². The van der Waals surface area contributed by atoms with Crippen molar-refractivity contribution >= 4 is 11.7 Å². The molecule has 4 aliphatic rings. The van der Waals surface area contributed by atoms with Crippen LogP contribution in [0, 0.1) is 12.8 Å². The van der Waals surface area contributed by atoms with Gasteiger partial charge in [-0.2, -0.15) is 5.10 Å². The Bertz CT molecular complexity index is 1030. The van der Waals surface area contributed by atoms with Gasteiger partial charge >= 0.3 is 0 Å². The second-order valence-electron chi connectivity index (χ2n) is 9.94. The maximum atomic E-state index is 11.7. The van der Waals surface area contributed by atoms with E-state index < -0.39 is 0 Å². The fourth-order valence-electron chi connectivity index (χ4n) is 5.79. The van der Waals surface area contributed by atoms with Crippen molar-refractivity contribution in [2.45, 2.75) is 37.5 Å². The number of aryl methyl sites for hydroxylation is 2. The van der Waals surface area contributed by atoms with E-state index >= 15 is 0 Å². The lowest BCUT2D eigenvalue weighted by Gasteiger charge is -2.47. The fraction of sp³-hybridized carbons (Fsp3) is 0.609. The molecule has 0 aliphatic carbocycles. The molecular formula is C23H33N9O. The van der Waals surface area contributed by atoms with Gasteiger partial charge in [0.2, 0.25) is 5.91 Å². The van der Waals surface area contributed by atoms with Crippen LogP contribution < -0.4 is 26.4 Å². The number of anilines is 1. The van der Waals surface area contributed by atoms with E-state index in [0.29, 0.717) is 30.6 Å². The summed E-state index contributed by atoms with van der Waals surface area (Å²) in [6, 6.07) is 5.68. The summed E-state index contributed by atoms with van der Waals surface area (Å²) in [5.74, 6) is 1.67. The fourth-order valence-corrected chi connectivity index (χ4v) is 5.79. The Morgan fingerprint density at radius 2 is 2.06 bits per heavy atom. The molecule has 6 rings (SSSR count). The normalized spacial score (nSPS) is 30.7. The van der Waals surface area contributed by atoms with Gasteiger partial charge in [0.05, 0.1) is 24.5 Å². The van der Waals surface area contributed by atoms with Crippen molar-refractivity contribution in [3.8, 4) is 0 Å². The zero-order chi connectivity index (χ0) is 22.5. The minimum Gasteiger partial charge on any atom is -0.354 e. The van der Waals surface area contributed by atoms with Crippen LogP contribution in [0.3, 0.4) is 0 Å². The van der Waals surface area contributed by atoms with Crippen molar-refractivity contribution in [1.82, 2.24) is 41.1 Å². The minimum absolute atomic E-state index is 0.136. The molecule has 1 amide bonds. The van der Waals surface area contributed by atoms with E-state index in [-0.39, 0.29) is 11.9 Å². The maximum Gasteiger partial charge on any atom is 0.234 e. The molecule has 4 saturated heterocycles. The predicted molar refractivity (Wildman–Crippen MR) is 124 cm³/mol. The van der Waals surface area contributed by atoms with Gasteiger partial charge in [0.25, 0.3) is 0 Å². The molecule has 0 aromatic carbocycles. The van der Waals surface area contributed by atoms with E-state index in [0.717, 1.165) is 50.7 Å². The van der Waals surface area contributed by atoms with Gasteiger partial charge in [-0.1, -0.05) is 6.07 Å². The highest BCUT2D eigenvalue weighted by atomic mass is 16.2. The van der Waals surface area contributed by atoms with Crippen molar-refractivity contribution in [2.75, 3.05) is 44.2 Å². The Hall–Kier alpha value is -2.53. The van der Waals surface area contributed by atoms with Crippen LogP contribution in [0.25, 0.3) is 0 Å². The number of amides is 1. The van der Waals surface area contributed by atoms with Crippen LogP contribution in [0.15, 0.2) is 24.5 Å². The number of carbonyl (C=O) groups excluding carboxylic acids is 1. The number of fused-ring (bicyclic) bond motifs is 1. The lowest BCUT2D eigenvalue weighted by atomic mass is 9.82. The zero-order valence-electron chi connectivity index (χ0n) is 19.3. The van der Waals surface area contributed by atoms with Gasteiger partial charge in [0, 0.05) is 75.6 Å². The van der Waals surface area contributed by atoms with Gasteiger partial charge in [-0.25, -0.2) is 10.4 Å². The molecular weight excluding hydrogens is 418 g/mol. The Morgan fingerprint density at radius 1 is 1.18 bits per heavy atom. The van der Waals surface area contributed by atoms with Crippen molar-refractivity contribution < 1.29 is 4.79 Å². The first kappa shape index (κ1) is 21.0. The van der Waals surface area contributed by atoms with Gasteiger partial charge in [-0.05, 0) is 25.0 Å². The quantitative estimate of drug-likeness (QED) is 0.499. The summed E-state index contributed by atoms with van der Waals surface area (Å²) in [7, 11) is 1.97. The van der Waals surface area contributed by atoms with Crippen LogP contribution in [0.4, 0.5) is 5.82 Å². The SMILES string of the molecule is Cc1ccc(C2NNC3CNC(c4cnn(C)c4)CC32)nc1N1CC(N2CCNC(=O)C2)C1. The summed E-state index contributed by atoms with van der Waals surface area (Å²) in [6.07, 6.45) is 5.11. The first-order valence-electron chi connectivity index (χ1n) is 12.0. The third-order valence-electron chi connectivity index (χ3n) is 7.74. The number of hydrogen-bond donors (Lipinski definition) is 4. The Balaban J connectivity index is 1.16. The monoisotopic (exact) mass is 451 g/mol. The number of piperazine rings is 1. The molecule has 0 spiro atoms. The van der Waals surface area contributed by atoms with Crippen LogP contribution in [0.1, 0.15) is 35.3 Å². The van der Waals surface area contributed by atoms with E-state index in [1.54, 1.807) is 0 Å². The lowest BCUT2D eigenvalue weighted by molar-refractivity contribution is -0.125. The van der Waals surface area contributed by atoms with E-state index in [1.165, 1.54) is 11.1 Å². The van der Waals surface area contributed by atoms with Crippen molar-refractivity contribution in [1.29, 1.82) is 0 Å². The average molecular weight is 452 g/mol. The largest absolute Gasteiger partial charge is 0.354 e. The van der Waals surface area contributed by atoms with Gasteiger partial charge in [0.15, 0.2) is 0 Å². The molecule has 0 bridgehead atoms. The molecule has 0 saturated carbocycles. The average Bonchev–Trinajstić information content (AvgIpc) is 3.40. The molecule has 2 aromatic rings. The van der Waals surface area contributed by atoms with E-state index in [4.69, 9.17) is 4.98 Å². The number of piperidine rings is 1. The number of pyridine rings is 1. The molecule has 10 heteroatoms. The zero-order valence-corrected chi connectivity index (χ0v) is 19.3. The third kappa shape index (κ3) is 3.90. The second-order valence-corrected chi connectivity index (χ2v) is 9.94. The lowest BCUT2D eigenvalue weighted by Crippen LogP contribution is -2.64. The number of rotatable bonds is 4. The Morgan fingerprint density at radius 3 is 2.85 bits per heavy atom. The highest BCUT2D eigenvalue weighted by molar-refractivity contribution is 5.78. The summed E-state index contributed by atoms with van der Waals surface area (Å²) in [5.41, 5.74) is 10.6. The maximum absolute atomic E-state index is 11.7. The third-order valence-corrected chi connectivity index (χ3v) is 7.74. The number of nitrogens with one attached hydrogen (secondary N) is 4. The topological polar surface area (TPSA) is 102 Å². The molecule has 4 unspecified atom stereocenters. The van der Waals surface area contributed by atoms with Crippen LogP contribution in [-0.4, -0.2) is 76.9 Å². The molecule has 2 aromatic heterocycles. The Kier molecular flexibility index (Phi) is 5.33. The first-order chi connectivity index (χ1) is 16.0. The number of nitrogens with zero attached hydrogens (tertiary/aromatic N) is 5. The summed E-state index contributed by atoms with van der Waals surface area (Å²) in [5, 5.41) is 10.9. The molecule has 33 heavy (non-hydrogen) atoms. The smallest absolute Gasteiger partial charge is 0.234 e. The molecule has 176 valence electrons. The summed E-state index contributed by atoms with van der Waals surface area (Å²) >= 11 is 0. The highest BCUT2D eigenvalue weighted by Crippen LogP contribution is 2.38. The molecule has 4 aliphatic heterocycles. The highest BCUT2D eigenvalue weighted by Gasteiger charge is 2.42. The van der Waals surface area contributed by atoms with Crippen LogP contribution in [-0.2, 0) is 11.8 Å². The number of hydrogen-bond acceptors (Lipinski definition) is 8. The minimum atomic E-state index is 0.136. The Labute approximate surface area is 194 Å². The number of carbonyl (C=O) groups is 1. The summed E-state index contributed by atoms with van der Waals surface area (Å²) in [4.78, 5) is 21.6. The van der Waals surface area contributed by atoms with Gasteiger partial charge < -0.3 is 15.5 Å². The van der Waals surface area contributed by atoms with E-state index in [1.807, 2.05) is 17.9 Å². The molecule has 10 nitrogen and oxygen atoms in total. The van der Waals surface area contributed by atoms with Crippen LogP contribution in [0.5, 0.6) is 0 Å². The molecule has 4 atom stereocenters. The van der Waals surface area contributed by atoms with Crippen LogP contribution >= 0.6 is 0 Å². The molecule has 4 N–H and O–H groups in total. The van der Waals surface area contributed by atoms with Gasteiger partial charge in [-0.15, -0.1) is 0 Å².